The molecule has 1 atom stereocenters. The molecule has 0 aliphatic carbocycles. The fraction of sp³-hybridized carbons (Fsp3) is 0.360. The third-order valence-corrected chi connectivity index (χ3v) is 6.50. The number of ketones is 1. The number of rotatable bonds is 3. The Morgan fingerprint density at radius 2 is 1.74 bits per heavy atom. The molecule has 10 heteroatoms. The number of likely N-dealkylation sites (tertiary alicyclic amines) is 1. The van der Waals surface area contributed by atoms with Crippen molar-refractivity contribution in [3.63, 3.8) is 0 Å². The molecule has 186 valence electrons. The van der Waals surface area contributed by atoms with Gasteiger partial charge < -0.3 is 14.7 Å². The lowest BCUT2D eigenvalue weighted by Crippen LogP contribution is -2.61. The van der Waals surface area contributed by atoms with E-state index in [0.29, 0.717) is 11.6 Å². The van der Waals surface area contributed by atoms with Gasteiger partial charge in [-0.15, -0.1) is 0 Å². The van der Waals surface area contributed by atoms with Crippen molar-refractivity contribution < 1.29 is 37.0 Å². The van der Waals surface area contributed by atoms with Crippen molar-refractivity contribution >= 4 is 29.1 Å². The fourth-order valence-electron chi connectivity index (χ4n) is 4.50. The summed E-state index contributed by atoms with van der Waals surface area (Å²) in [7, 11) is 0. The molecule has 0 aromatic heterocycles. The highest BCUT2D eigenvalue weighted by atomic mass is 35.5. The molecule has 2 heterocycles. The Hall–Kier alpha value is -2.91. The quantitative estimate of drug-likeness (QED) is 0.286. The minimum absolute atomic E-state index is 0.0167. The Balaban J connectivity index is 1.74. The lowest BCUT2D eigenvalue weighted by atomic mass is 9.80. The first-order chi connectivity index (χ1) is 16.1. The fourth-order valence-corrected chi connectivity index (χ4v) is 4.68. The molecule has 4 rings (SSSR count). The second-order valence-corrected chi connectivity index (χ2v) is 10.3. The van der Waals surface area contributed by atoms with Crippen LogP contribution in [0.5, 0.6) is 0 Å². The van der Waals surface area contributed by atoms with E-state index in [9.17, 15) is 32.3 Å². The number of hydrogen-bond donors (Lipinski definition) is 1. The first-order valence-corrected chi connectivity index (χ1v) is 11.1. The van der Waals surface area contributed by atoms with E-state index in [1.165, 1.54) is 17.0 Å². The highest BCUT2D eigenvalue weighted by Gasteiger charge is 2.56. The van der Waals surface area contributed by atoms with E-state index in [1.807, 2.05) is 20.8 Å². The molecule has 0 saturated carbocycles. The van der Waals surface area contributed by atoms with Gasteiger partial charge in [-0.05, 0) is 46.4 Å². The molecular formula is C25H22ClF4NO4. The van der Waals surface area contributed by atoms with E-state index in [2.05, 4.69) is 0 Å². The van der Waals surface area contributed by atoms with Gasteiger partial charge in [0.25, 0.3) is 0 Å². The molecule has 2 aliphatic rings. The lowest BCUT2D eigenvalue weighted by molar-refractivity contribution is -0.176. The maximum atomic E-state index is 13.8. The number of fused-ring (bicyclic) bond motifs is 2. The van der Waals surface area contributed by atoms with Crippen LogP contribution < -0.4 is 0 Å². The van der Waals surface area contributed by atoms with Crippen molar-refractivity contribution in [2.24, 2.45) is 5.41 Å². The summed E-state index contributed by atoms with van der Waals surface area (Å²) in [5, 5.41) is 8.75. The maximum Gasteiger partial charge on any atom is 0.417 e. The minimum Gasteiger partial charge on any atom is -0.465 e. The Labute approximate surface area is 203 Å². The molecule has 2 aromatic carbocycles. The summed E-state index contributed by atoms with van der Waals surface area (Å²) in [6.45, 7) is 6.00. The van der Waals surface area contributed by atoms with E-state index < -0.39 is 57.1 Å². The monoisotopic (exact) mass is 511 g/mol. The molecule has 1 spiro atoms. The highest BCUT2D eigenvalue weighted by Crippen LogP contribution is 2.54. The van der Waals surface area contributed by atoms with Crippen molar-refractivity contribution in [1.29, 1.82) is 0 Å². The van der Waals surface area contributed by atoms with E-state index in [0.717, 1.165) is 23.8 Å². The summed E-state index contributed by atoms with van der Waals surface area (Å²) >= 11 is 5.65. The van der Waals surface area contributed by atoms with Crippen molar-refractivity contribution in [2.75, 3.05) is 13.1 Å². The molecule has 0 radical (unpaired) electrons. The second-order valence-electron chi connectivity index (χ2n) is 9.85. The molecule has 1 saturated heterocycles. The Kier molecular flexibility index (Phi) is 6.00. The predicted octanol–water partition coefficient (Wildman–Crippen LogP) is 6.61. The first-order valence-electron chi connectivity index (χ1n) is 10.7. The van der Waals surface area contributed by atoms with Gasteiger partial charge in [0, 0.05) is 5.56 Å². The Morgan fingerprint density at radius 3 is 2.29 bits per heavy atom. The van der Waals surface area contributed by atoms with Crippen LogP contribution in [0.4, 0.5) is 22.4 Å². The molecule has 1 unspecified atom stereocenters. The number of nitrogens with zero attached hydrogens (tertiary/aromatic N) is 1. The van der Waals surface area contributed by atoms with Crippen LogP contribution in [0.2, 0.25) is 5.02 Å². The standard InChI is InChI=1S/C25H22ClF4NO4/c1-23(2,3)21-15-8-14(4-6-16(15)24(35-21)11-31(12-24)22(33)34)20(32)10-17(25(28,29)30)13-5-7-19(27)18(26)9-13/h4-10,21H,11-12H2,1-3H3,(H,33,34)/b17-10+. The third-order valence-electron chi connectivity index (χ3n) is 6.21. The van der Waals surface area contributed by atoms with Crippen LogP contribution in [0, 0.1) is 11.2 Å². The van der Waals surface area contributed by atoms with Gasteiger partial charge in [-0.25, -0.2) is 9.18 Å². The normalized spacial score (nSPS) is 19.5. The second kappa shape index (κ2) is 8.34. The SMILES string of the molecule is CC(C)(C)C1OC2(CN(C(=O)O)C2)c2ccc(C(=O)/C=C(\c3ccc(F)c(Cl)c3)C(F)(F)F)cc21. The van der Waals surface area contributed by atoms with Crippen molar-refractivity contribution in [3.05, 3.63) is 75.6 Å². The minimum atomic E-state index is -4.89. The summed E-state index contributed by atoms with van der Waals surface area (Å²) in [5.74, 6) is -1.77. The molecule has 2 aliphatic heterocycles. The van der Waals surface area contributed by atoms with Crippen LogP contribution in [0.1, 0.15) is 53.9 Å². The number of alkyl halides is 3. The van der Waals surface area contributed by atoms with E-state index >= 15 is 0 Å². The van der Waals surface area contributed by atoms with Gasteiger partial charge in [-0.3, -0.25) is 4.79 Å². The van der Waals surface area contributed by atoms with Crippen molar-refractivity contribution in [2.45, 2.75) is 38.7 Å². The van der Waals surface area contributed by atoms with E-state index in [-0.39, 0.29) is 18.7 Å². The van der Waals surface area contributed by atoms with E-state index in [4.69, 9.17) is 16.3 Å². The molecule has 2 aromatic rings. The zero-order chi connectivity index (χ0) is 25.9. The smallest absolute Gasteiger partial charge is 0.417 e. The largest absolute Gasteiger partial charge is 0.465 e. The number of benzene rings is 2. The number of carboxylic acid groups (broad SMARTS) is 1. The van der Waals surface area contributed by atoms with Crippen LogP contribution in [0.3, 0.4) is 0 Å². The molecule has 35 heavy (non-hydrogen) atoms. The number of hydrogen-bond acceptors (Lipinski definition) is 3. The van der Waals surface area contributed by atoms with Gasteiger partial charge >= 0.3 is 12.3 Å². The zero-order valence-corrected chi connectivity index (χ0v) is 19.8. The molecule has 1 fully saturated rings. The number of carbonyl (C=O) groups excluding carboxylic acids is 1. The van der Waals surface area contributed by atoms with Crippen molar-refractivity contribution in [1.82, 2.24) is 4.90 Å². The van der Waals surface area contributed by atoms with Crippen LogP contribution in [-0.4, -0.2) is 41.1 Å². The summed E-state index contributed by atoms with van der Waals surface area (Å²) in [6.07, 6.45) is -5.99. The topological polar surface area (TPSA) is 66.8 Å². The molecular weight excluding hydrogens is 490 g/mol. The number of carbonyl (C=O) groups is 2. The number of allylic oxidation sites excluding steroid dienone is 2. The van der Waals surface area contributed by atoms with Crippen LogP contribution >= 0.6 is 11.6 Å². The highest BCUT2D eigenvalue weighted by molar-refractivity contribution is 6.31. The van der Waals surface area contributed by atoms with Crippen LogP contribution in [0.15, 0.2) is 42.5 Å². The summed E-state index contributed by atoms with van der Waals surface area (Å²) in [5.41, 5.74) is -1.59. The number of halogens is 5. The maximum absolute atomic E-state index is 13.8. The molecule has 1 N–H and O–H groups in total. The van der Waals surface area contributed by atoms with Gasteiger partial charge in [0.2, 0.25) is 0 Å². The number of amides is 1. The van der Waals surface area contributed by atoms with Gasteiger partial charge in [-0.2, -0.15) is 13.2 Å². The average molecular weight is 512 g/mol. The van der Waals surface area contributed by atoms with Crippen molar-refractivity contribution in [3.8, 4) is 0 Å². The van der Waals surface area contributed by atoms with Gasteiger partial charge in [0.15, 0.2) is 5.78 Å². The van der Waals surface area contributed by atoms with Gasteiger partial charge in [0.1, 0.15) is 11.4 Å². The van der Waals surface area contributed by atoms with Crippen LogP contribution in [0.25, 0.3) is 5.57 Å². The Morgan fingerprint density at radius 1 is 1.11 bits per heavy atom. The Bertz CT molecular complexity index is 1240. The average Bonchev–Trinajstić information content (AvgIpc) is 3.07. The summed E-state index contributed by atoms with van der Waals surface area (Å²) < 4.78 is 61.1. The zero-order valence-electron chi connectivity index (χ0n) is 19.0. The predicted molar refractivity (Wildman–Crippen MR) is 121 cm³/mol. The number of ether oxygens (including phenoxy) is 1. The molecule has 0 bridgehead atoms. The summed E-state index contributed by atoms with van der Waals surface area (Å²) in [6, 6.07) is 7.07. The lowest BCUT2D eigenvalue weighted by Gasteiger charge is -2.47. The van der Waals surface area contributed by atoms with Crippen LogP contribution in [-0.2, 0) is 10.3 Å². The molecule has 1 amide bonds. The molecule has 5 nitrogen and oxygen atoms in total. The first kappa shape index (κ1) is 25.2. The van der Waals surface area contributed by atoms with E-state index in [1.54, 1.807) is 6.07 Å². The third kappa shape index (κ3) is 4.54. The summed E-state index contributed by atoms with van der Waals surface area (Å²) in [4.78, 5) is 25.5. The van der Waals surface area contributed by atoms with Gasteiger partial charge in [0.05, 0.1) is 29.8 Å². The van der Waals surface area contributed by atoms with Gasteiger partial charge in [-0.1, -0.05) is 50.6 Å².